The van der Waals surface area contributed by atoms with Crippen LogP contribution in [0.15, 0.2) is 12.1 Å². The van der Waals surface area contributed by atoms with E-state index in [1.54, 1.807) is 27.7 Å². The van der Waals surface area contributed by atoms with Crippen molar-refractivity contribution in [3.05, 3.63) is 17.7 Å². The number of esters is 2. The van der Waals surface area contributed by atoms with E-state index in [2.05, 4.69) is 16.0 Å². The van der Waals surface area contributed by atoms with Crippen LogP contribution in [0.1, 0.15) is 91.5 Å². The molecule has 1 aromatic carbocycles. The maximum absolute atomic E-state index is 13.4. The van der Waals surface area contributed by atoms with E-state index in [-0.39, 0.29) is 44.5 Å². The highest BCUT2D eigenvalue weighted by molar-refractivity contribution is 5.92. The summed E-state index contributed by atoms with van der Waals surface area (Å²) in [5, 5.41) is 17.8. The molecule has 1 aromatic rings. The Morgan fingerprint density at radius 3 is 1.94 bits per heavy atom. The lowest BCUT2D eigenvalue weighted by molar-refractivity contribution is -0.148. The molecule has 0 saturated heterocycles. The first-order valence-corrected chi connectivity index (χ1v) is 17.0. The number of nitrogens with one attached hydrogen (secondary N) is 3. The second-order valence-electron chi connectivity index (χ2n) is 12.7. The molecule has 50 heavy (non-hydrogen) atoms. The quantitative estimate of drug-likeness (QED) is 0.103. The summed E-state index contributed by atoms with van der Waals surface area (Å²) in [5.74, 6) is -1.34. The van der Waals surface area contributed by atoms with Gasteiger partial charge < -0.3 is 50.5 Å². The second-order valence-corrected chi connectivity index (χ2v) is 12.7. The molecule has 6 N–H and O–H groups in total. The van der Waals surface area contributed by atoms with Crippen LogP contribution in [-0.2, 0) is 33.4 Å². The molecule has 5 atom stereocenters. The number of aliphatic hydroxyl groups is 1. The smallest absolute Gasteiger partial charge is 0.328 e. The van der Waals surface area contributed by atoms with Gasteiger partial charge in [-0.25, -0.2) is 4.79 Å². The van der Waals surface area contributed by atoms with Crippen LogP contribution in [0.5, 0.6) is 17.2 Å². The minimum Gasteiger partial charge on any atom is -0.493 e. The number of amides is 3. The van der Waals surface area contributed by atoms with E-state index in [1.807, 2.05) is 19.1 Å². The third-order valence-corrected chi connectivity index (χ3v) is 8.22. The Labute approximate surface area is 295 Å². The van der Waals surface area contributed by atoms with Gasteiger partial charge in [0.2, 0.25) is 23.5 Å². The van der Waals surface area contributed by atoms with Gasteiger partial charge in [-0.15, -0.1) is 0 Å². The zero-order valence-electron chi connectivity index (χ0n) is 31.0. The maximum Gasteiger partial charge on any atom is 0.328 e. The van der Waals surface area contributed by atoms with Crippen LogP contribution in [-0.4, -0.2) is 100 Å². The molecule has 0 aliphatic heterocycles. The van der Waals surface area contributed by atoms with Gasteiger partial charge in [-0.05, 0) is 76.5 Å². The number of rotatable bonds is 23. The molecule has 0 spiro atoms. The fourth-order valence-corrected chi connectivity index (χ4v) is 5.34. The molecule has 0 aliphatic carbocycles. The molecule has 284 valence electrons. The molecule has 5 unspecified atom stereocenters. The van der Waals surface area contributed by atoms with Crippen LogP contribution in [0, 0.1) is 5.41 Å². The summed E-state index contributed by atoms with van der Waals surface area (Å²) in [6.45, 7) is 10.3. The number of methoxy groups -OCH3 is 3. The third-order valence-electron chi connectivity index (χ3n) is 8.22. The number of benzene rings is 1. The average Bonchev–Trinajstić information content (AvgIpc) is 3.08. The van der Waals surface area contributed by atoms with Crippen LogP contribution < -0.4 is 35.9 Å². The summed E-state index contributed by atoms with van der Waals surface area (Å²) < 4.78 is 26.3. The number of aliphatic hydroxyl groups excluding tert-OH is 1. The van der Waals surface area contributed by atoms with Crippen molar-refractivity contribution in [3.8, 4) is 17.2 Å². The molecule has 1 rings (SSSR count). The van der Waals surface area contributed by atoms with Crippen molar-refractivity contribution in [3.63, 3.8) is 0 Å². The normalized spacial score (nSPS) is 14.2. The number of hydrogen-bond donors (Lipinski definition) is 5. The minimum absolute atomic E-state index is 0.0581. The van der Waals surface area contributed by atoms with E-state index >= 15 is 0 Å². The summed E-state index contributed by atoms with van der Waals surface area (Å²) in [4.78, 5) is 63.6. The van der Waals surface area contributed by atoms with Gasteiger partial charge in [0, 0.05) is 11.8 Å². The van der Waals surface area contributed by atoms with Gasteiger partial charge in [-0.3, -0.25) is 19.2 Å². The van der Waals surface area contributed by atoms with E-state index in [4.69, 9.17) is 29.4 Å². The molecule has 0 saturated carbocycles. The monoisotopic (exact) mass is 710 g/mol. The van der Waals surface area contributed by atoms with Gasteiger partial charge in [0.1, 0.15) is 18.1 Å². The van der Waals surface area contributed by atoms with E-state index in [0.29, 0.717) is 42.9 Å². The predicted molar refractivity (Wildman–Crippen MR) is 186 cm³/mol. The van der Waals surface area contributed by atoms with Crippen molar-refractivity contribution in [1.82, 2.24) is 16.0 Å². The lowest BCUT2D eigenvalue weighted by Gasteiger charge is -2.29. The molecular weight excluding hydrogens is 652 g/mol. The van der Waals surface area contributed by atoms with Gasteiger partial charge in [-0.2, -0.15) is 0 Å². The minimum atomic E-state index is -1.16. The van der Waals surface area contributed by atoms with Gasteiger partial charge in [0.15, 0.2) is 11.5 Å². The second kappa shape index (κ2) is 21.9. The van der Waals surface area contributed by atoms with Crippen molar-refractivity contribution < 1.29 is 52.8 Å². The van der Waals surface area contributed by atoms with E-state index in [0.717, 1.165) is 5.56 Å². The van der Waals surface area contributed by atoms with Crippen molar-refractivity contribution in [2.24, 2.45) is 11.1 Å². The fraction of sp³-hybridized carbons (Fsp3) is 0.686. The Hall–Kier alpha value is -4.11. The van der Waals surface area contributed by atoms with Gasteiger partial charge >= 0.3 is 11.9 Å². The topological polar surface area (TPSA) is 214 Å². The maximum atomic E-state index is 13.4. The van der Waals surface area contributed by atoms with Gasteiger partial charge in [-0.1, -0.05) is 20.8 Å². The highest BCUT2D eigenvalue weighted by Crippen LogP contribution is 2.42. The van der Waals surface area contributed by atoms with E-state index < -0.39 is 53.3 Å². The first-order chi connectivity index (χ1) is 23.6. The summed E-state index contributed by atoms with van der Waals surface area (Å²) >= 11 is 0. The molecule has 0 bridgehead atoms. The van der Waals surface area contributed by atoms with Crippen LogP contribution in [0.3, 0.4) is 0 Å². The van der Waals surface area contributed by atoms with Crippen molar-refractivity contribution in [1.29, 1.82) is 0 Å². The summed E-state index contributed by atoms with van der Waals surface area (Å²) in [7, 11) is 4.58. The first kappa shape index (κ1) is 43.9. The molecule has 0 aromatic heterocycles. The van der Waals surface area contributed by atoms with E-state index in [9.17, 15) is 29.1 Å². The lowest BCUT2D eigenvalue weighted by atomic mass is 9.79. The van der Waals surface area contributed by atoms with Crippen LogP contribution in [0.4, 0.5) is 0 Å². The lowest BCUT2D eigenvalue weighted by Crippen LogP contribution is -2.53. The molecule has 0 aliphatic rings. The Morgan fingerprint density at radius 1 is 0.840 bits per heavy atom. The van der Waals surface area contributed by atoms with Crippen molar-refractivity contribution in [2.75, 3.05) is 41.2 Å². The van der Waals surface area contributed by atoms with Crippen LogP contribution >= 0.6 is 0 Å². The molecule has 15 nitrogen and oxygen atoms in total. The standard InChI is InChI=1S/C35H58N4O11/c1-10-49-32(43)25(36)14-12-13-24(20-40)38-29(41)16-15-26(33(44)50-11-2)39-31(42)22(4)37-34(45)35(5,6)19-21(3)23-17-27(46-7)30(48-9)28(18-23)47-8/h17-18,21-22,24-26,40H,10-16,19-20,36H2,1-9H3,(H,37,45)(H,38,41)(H,39,42). The Kier molecular flexibility index (Phi) is 19.2. The van der Waals surface area contributed by atoms with Gasteiger partial charge in [0.05, 0.1) is 47.2 Å². The third kappa shape index (κ3) is 14.0. The Balaban J connectivity index is 2.82. The summed E-state index contributed by atoms with van der Waals surface area (Å²) in [6.07, 6.45) is 1.31. The fourth-order valence-electron chi connectivity index (χ4n) is 5.34. The summed E-state index contributed by atoms with van der Waals surface area (Å²) in [6, 6.07) is 0.108. The number of hydrogen-bond acceptors (Lipinski definition) is 12. The average molecular weight is 711 g/mol. The SMILES string of the molecule is CCOC(=O)C(N)CCCC(CO)NC(=O)CCC(NC(=O)C(C)NC(=O)C(C)(C)CC(C)c1cc(OC)c(OC)c(OC)c1)C(=O)OCC. The van der Waals surface area contributed by atoms with E-state index in [1.165, 1.54) is 28.3 Å². The van der Waals surface area contributed by atoms with Crippen LogP contribution in [0.2, 0.25) is 0 Å². The summed E-state index contributed by atoms with van der Waals surface area (Å²) in [5.41, 5.74) is 5.77. The number of ether oxygens (including phenoxy) is 5. The Bertz CT molecular complexity index is 1250. The largest absolute Gasteiger partial charge is 0.493 e. The zero-order chi connectivity index (χ0) is 38.0. The molecule has 0 fully saturated rings. The molecular formula is C35H58N4O11. The highest BCUT2D eigenvalue weighted by Gasteiger charge is 2.34. The Morgan fingerprint density at radius 2 is 1.42 bits per heavy atom. The molecule has 15 heteroatoms. The zero-order valence-corrected chi connectivity index (χ0v) is 31.0. The number of nitrogens with two attached hydrogens (primary N) is 1. The van der Waals surface area contributed by atoms with Crippen molar-refractivity contribution in [2.45, 2.75) is 110 Å². The molecule has 3 amide bonds. The number of carbonyl (C=O) groups excluding carboxylic acids is 5. The van der Waals surface area contributed by atoms with Crippen molar-refractivity contribution >= 4 is 29.7 Å². The number of carbonyl (C=O) groups is 5. The van der Waals surface area contributed by atoms with Crippen LogP contribution in [0.25, 0.3) is 0 Å². The first-order valence-electron chi connectivity index (χ1n) is 17.0. The van der Waals surface area contributed by atoms with Gasteiger partial charge in [0.25, 0.3) is 0 Å². The molecule has 0 radical (unpaired) electrons. The predicted octanol–water partition coefficient (Wildman–Crippen LogP) is 2.10. The molecule has 0 heterocycles. The highest BCUT2D eigenvalue weighted by atomic mass is 16.5.